The lowest BCUT2D eigenvalue weighted by molar-refractivity contribution is 0.654. The topological polar surface area (TPSA) is 29.9 Å². The number of aryl methyl sites for hydroxylation is 2. The molecule has 0 amide bonds. The fourth-order valence-electron chi connectivity index (χ4n) is 5.11. The Bertz CT molecular complexity index is 1390. The van der Waals surface area contributed by atoms with Gasteiger partial charge in [-0.25, -0.2) is 4.98 Å². The molecule has 5 rings (SSSR count). The molecule has 4 aromatic rings. The zero-order chi connectivity index (χ0) is 24.9. The highest BCUT2D eigenvalue weighted by atomic mass is 15.0. The van der Waals surface area contributed by atoms with E-state index in [2.05, 4.69) is 115 Å². The first-order valence-corrected chi connectivity index (χ1v) is 13.0. The van der Waals surface area contributed by atoms with E-state index in [9.17, 15) is 0 Å². The van der Waals surface area contributed by atoms with Crippen LogP contribution in [0.25, 0.3) is 16.8 Å². The molecule has 0 aliphatic heterocycles. The van der Waals surface area contributed by atoms with Gasteiger partial charge in [0.25, 0.3) is 0 Å². The molecule has 182 valence electrons. The van der Waals surface area contributed by atoms with Crippen LogP contribution in [0.3, 0.4) is 0 Å². The Morgan fingerprint density at radius 1 is 0.917 bits per heavy atom. The average Bonchev–Trinajstić information content (AvgIpc) is 3.33. The molecule has 0 spiro atoms. The number of anilines is 1. The number of allylic oxidation sites excluding steroid dienone is 4. The molecule has 0 saturated carbocycles. The van der Waals surface area contributed by atoms with E-state index in [1.54, 1.807) is 0 Å². The first kappa shape index (κ1) is 23.9. The Morgan fingerprint density at radius 3 is 2.47 bits per heavy atom. The summed E-state index contributed by atoms with van der Waals surface area (Å²) in [5.74, 6) is 1.43. The monoisotopic (exact) mass is 473 g/mol. The van der Waals surface area contributed by atoms with E-state index in [1.165, 1.54) is 39.2 Å². The van der Waals surface area contributed by atoms with Gasteiger partial charge in [-0.05, 0) is 73.1 Å². The Balaban J connectivity index is 1.47. The van der Waals surface area contributed by atoms with Gasteiger partial charge < -0.3 is 9.88 Å². The lowest BCUT2D eigenvalue weighted by Crippen LogP contribution is -2.10. The van der Waals surface area contributed by atoms with E-state index in [-0.39, 0.29) is 0 Å². The van der Waals surface area contributed by atoms with Crippen molar-refractivity contribution < 1.29 is 0 Å². The molecule has 1 unspecified atom stereocenters. The van der Waals surface area contributed by atoms with Gasteiger partial charge in [0.2, 0.25) is 0 Å². The number of hydrogen-bond donors (Lipinski definition) is 1. The second kappa shape index (κ2) is 10.8. The highest BCUT2D eigenvalue weighted by Crippen LogP contribution is 2.33. The summed E-state index contributed by atoms with van der Waals surface area (Å²) in [6, 6.07) is 28.5. The Morgan fingerprint density at radius 2 is 1.72 bits per heavy atom. The van der Waals surface area contributed by atoms with Crippen molar-refractivity contribution in [1.29, 1.82) is 0 Å². The molecule has 3 nitrogen and oxygen atoms in total. The molecule has 1 aliphatic rings. The van der Waals surface area contributed by atoms with Gasteiger partial charge in [0, 0.05) is 24.0 Å². The quantitative estimate of drug-likeness (QED) is 0.284. The predicted molar refractivity (Wildman–Crippen MR) is 152 cm³/mol. The molecule has 3 heteroatoms. The summed E-state index contributed by atoms with van der Waals surface area (Å²) in [7, 11) is 1.92. The van der Waals surface area contributed by atoms with Crippen LogP contribution >= 0.6 is 0 Å². The number of hydrogen-bond acceptors (Lipinski definition) is 2. The molecule has 2 heterocycles. The van der Waals surface area contributed by atoms with Crippen LogP contribution in [-0.4, -0.2) is 16.6 Å². The van der Waals surface area contributed by atoms with Crippen molar-refractivity contribution >= 4 is 11.4 Å². The van der Waals surface area contributed by atoms with Crippen molar-refractivity contribution in [3.8, 4) is 11.3 Å². The maximum atomic E-state index is 4.83. The Kier molecular flexibility index (Phi) is 7.18. The van der Waals surface area contributed by atoms with Crippen molar-refractivity contribution in [2.45, 2.75) is 39.7 Å². The van der Waals surface area contributed by atoms with E-state index in [4.69, 9.17) is 4.98 Å². The third-order valence-corrected chi connectivity index (χ3v) is 7.14. The van der Waals surface area contributed by atoms with Crippen LogP contribution < -0.4 is 5.32 Å². The fraction of sp³-hybridized carbons (Fsp3) is 0.242. The molecular weight excluding hydrogens is 438 g/mol. The summed E-state index contributed by atoms with van der Waals surface area (Å²) in [6.07, 6.45) is 10.3. The van der Waals surface area contributed by atoms with Crippen LogP contribution in [0.2, 0.25) is 0 Å². The maximum Gasteiger partial charge on any atom is 0.126 e. The molecule has 0 saturated heterocycles. The molecule has 1 atom stereocenters. The van der Waals surface area contributed by atoms with E-state index in [1.807, 2.05) is 13.1 Å². The van der Waals surface area contributed by atoms with Crippen LogP contribution in [0.5, 0.6) is 0 Å². The SMILES string of the molecule is CCc1ccccc1-c1ccc(C2=CCC(Cc3ccc(C)cc3)C=C2)n1Cc1cccc(NC)n1. The van der Waals surface area contributed by atoms with Gasteiger partial charge in [0.15, 0.2) is 0 Å². The van der Waals surface area contributed by atoms with Gasteiger partial charge >= 0.3 is 0 Å². The molecule has 0 radical (unpaired) electrons. The molecule has 1 N–H and O–H groups in total. The third kappa shape index (κ3) is 5.21. The van der Waals surface area contributed by atoms with E-state index in [0.717, 1.165) is 37.3 Å². The number of nitrogens with zero attached hydrogens (tertiary/aromatic N) is 2. The minimum atomic E-state index is 0.536. The highest BCUT2D eigenvalue weighted by molar-refractivity contribution is 5.77. The second-order valence-electron chi connectivity index (χ2n) is 9.67. The van der Waals surface area contributed by atoms with Crippen molar-refractivity contribution in [3.05, 3.63) is 125 Å². The summed E-state index contributed by atoms with van der Waals surface area (Å²) in [4.78, 5) is 4.83. The van der Waals surface area contributed by atoms with Crippen LogP contribution in [0.4, 0.5) is 5.82 Å². The van der Waals surface area contributed by atoms with Crippen LogP contribution in [0.1, 0.15) is 41.4 Å². The molecule has 2 aromatic heterocycles. The first-order chi connectivity index (χ1) is 17.6. The van der Waals surface area contributed by atoms with Crippen LogP contribution in [0, 0.1) is 12.8 Å². The largest absolute Gasteiger partial charge is 0.373 e. The average molecular weight is 474 g/mol. The number of benzene rings is 2. The van der Waals surface area contributed by atoms with Crippen molar-refractivity contribution in [1.82, 2.24) is 9.55 Å². The van der Waals surface area contributed by atoms with E-state index in [0.29, 0.717) is 5.92 Å². The second-order valence-corrected chi connectivity index (χ2v) is 9.67. The lowest BCUT2D eigenvalue weighted by Gasteiger charge is -2.20. The summed E-state index contributed by atoms with van der Waals surface area (Å²) < 4.78 is 2.44. The fourth-order valence-corrected chi connectivity index (χ4v) is 5.11. The van der Waals surface area contributed by atoms with Gasteiger partial charge in [0.1, 0.15) is 5.82 Å². The summed E-state index contributed by atoms with van der Waals surface area (Å²) in [5.41, 5.74) is 10.2. The summed E-state index contributed by atoms with van der Waals surface area (Å²) >= 11 is 0. The number of rotatable bonds is 8. The van der Waals surface area contributed by atoms with Crippen molar-refractivity contribution in [2.75, 3.05) is 12.4 Å². The van der Waals surface area contributed by atoms with Gasteiger partial charge in [-0.1, -0.05) is 85.3 Å². The van der Waals surface area contributed by atoms with Gasteiger partial charge in [-0.15, -0.1) is 0 Å². The van der Waals surface area contributed by atoms with Crippen molar-refractivity contribution in [3.63, 3.8) is 0 Å². The molecule has 2 aromatic carbocycles. The standard InChI is InChI=1S/C33H35N3/c1-4-27-8-5-6-10-30(27)32-21-20-31(36(32)23-29-9-7-11-33(34-3)35-29)28-18-16-26(17-19-28)22-25-14-12-24(2)13-15-25/h5-16,18-21,26H,4,17,22-23H2,1-3H3,(H,34,35). The first-order valence-electron chi connectivity index (χ1n) is 13.0. The van der Waals surface area contributed by atoms with E-state index >= 15 is 0 Å². The molecular formula is C33H35N3. The minimum Gasteiger partial charge on any atom is -0.373 e. The number of pyridine rings is 1. The van der Waals surface area contributed by atoms with Gasteiger partial charge in [-0.3, -0.25) is 0 Å². The van der Waals surface area contributed by atoms with Gasteiger partial charge in [-0.2, -0.15) is 0 Å². The number of aromatic nitrogens is 2. The minimum absolute atomic E-state index is 0.536. The highest BCUT2D eigenvalue weighted by Gasteiger charge is 2.18. The summed E-state index contributed by atoms with van der Waals surface area (Å²) in [6.45, 7) is 5.10. The zero-order valence-electron chi connectivity index (χ0n) is 21.5. The lowest BCUT2D eigenvalue weighted by atomic mass is 9.90. The van der Waals surface area contributed by atoms with Crippen LogP contribution in [0.15, 0.2) is 97.1 Å². The molecule has 0 fully saturated rings. The zero-order valence-corrected chi connectivity index (χ0v) is 21.5. The van der Waals surface area contributed by atoms with Crippen LogP contribution in [-0.2, 0) is 19.4 Å². The molecule has 0 bridgehead atoms. The Labute approximate surface area is 215 Å². The maximum absolute atomic E-state index is 4.83. The molecule has 1 aliphatic carbocycles. The Hall–Kier alpha value is -3.85. The molecule has 36 heavy (non-hydrogen) atoms. The number of nitrogens with one attached hydrogen (secondary N) is 1. The third-order valence-electron chi connectivity index (χ3n) is 7.14. The predicted octanol–water partition coefficient (Wildman–Crippen LogP) is 7.71. The normalized spacial score (nSPS) is 15.1. The van der Waals surface area contributed by atoms with Crippen molar-refractivity contribution in [2.24, 2.45) is 5.92 Å². The van der Waals surface area contributed by atoms with Gasteiger partial charge in [0.05, 0.1) is 12.2 Å². The summed E-state index contributed by atoms with van der Waals surface area (Å²) in [5, 5.41) is 3.17. The van der Waals surface area contributed by atoms with E-state index < -0.39 is 0 Å². The smallest absolute Gasteiger partial charge is 0.126 e.